The Morgan fingerprint density at radius 1 is 1.29 bits per heavy atom. The lowest BCUT2D eigenvalue weighted by Crippen LogP contribution is -2.49. The van der Waals surface area contributed by atoms with Crippen LogP contribution < -0.4 is 16.0 Å². The maximum atomic E-state index is 12.4. The van der Waals surface area contributed by atoms with E-state index in [1.54, 1.807) is 0 Å². The minimum absolute atomic E-state index is 0.0725. The third-order valence-electron chi connectivity index (χ3n) is 4.61. The summed E-state index contributed by atoms with van der Waals surface area (Å²) in [5.74, 6) is 0.0725. The van der Waals surface area contributed by atoms with Gasteiger partial charge in [0.1, 0.15) is 0 Å². The van der Waals surface area contributed by atoms with Gasteiger partial charge >= 0.3 is 0 Å². The average molecular weight is 291 g/mol. The fourth-order valence-electron chi connectivity index (χ4n) is 2.43. The van der Waals surface area contributed by atoms with Gasteiger partial charge in [-0.2, -0.15) is 0 Å². The largest absolute Gasteiger partial charge is 0.370 e. The van der Waals surface area contributed by atoms with Crippen LogP contribution in [0.3, 0.4) is 0 Å². The molecule has 1 rings (SSSR count). The third kappa shape index (κ3) is 4.21. The average Bonchev–Trinajstić information content (AvgIpc) is 2.54. The van der Waals surface area contributed by atoms with Crippen molar-refractivity contribution < 1.29 is 4.79 Å². The Balaban J connectivity index is 2.60. The van der Waals surface area contributed by atoms with Crippen molar-refractivity contribution in [2.75, 3.05) is 25.0 Å². The van der Waals surface area contributed by atoms with Gasteiger partial charge in [-0.15, -0.1) is 0 Å². The van der Waals surface area contributed by atoms with Crippen LogP contribution in [-0.2, 0) is 4.79 Å². The molecule has 1 amide bonds. The standard InChI is InChI=1S/C17H29N3O/c1-5-17(6-2,13-18)16(21)19-12-14(3)20(4)15-10-8-7-9-11-15/h7-11,14H,5-6,12-13,18H2,1-4H3,(H,19,21). The van der Waals surface area contributed by atoms with E-state index in [1.807, 2.05) is 39.1 Å². The van der Waals surface area contributed by atoms with Crippen molar-refractivity contribution >= 4 is 11.6 Å². The second-order valence-corrected chi connectivity index (χ2v) is 5.70. The molecule has 0 aromatic heterocycles. The van der Waals surface area contributed by atoms with Crippen LogP contribution in [0.4, 0.5) is 5.69 Å². The molecule has 0 aliphatic rings. The number of nitrogens with one attached hydrogen (secondary N) is 1. The molecular weight excluding hydrogens is 262 g/mol. The molecule has 0 radical (unpaired) electrons. The lowest BCUT2D eigenvalue weighted by Gasteiger charge is -2.31. The summed E-state index contributed by atoms with van der Waals surface area (Å²) in [4.78, 5) is 14.6. The predicted octanol–water partition coefficient (Wildman–Crippen LogP) is 2.39. The summed E-state index contributed by atoms with van der Waals surface area (Å²) in [6, 6.07) is 10.4. The second-order valence-electron chi connectivity index (χ2n) is 5.70. The SMILES string of the molecule is CCC(CC)(CN)C(=O)NCC(C)N(C)c1ccccc1. The predicted molar refractivity (Wildman–Crippen MR) is 89.4 cm³/mol. The zero-order valence-corrected chi connectivity index (χ0v) is 13.7. The fourth-order valence-corrected chi connectivity index (χ4v) is 2.43. The molecule has 0 fully saturated rings. The van der Waals surface area contributed by atoms with Crippen LogP contribution in [0.1, 0.15) is 33.6 Å². The van der Waals surface area contributed by atoms with Crippen molar-refractivity contribution in [3.05, 3.63) is 30.3 Å². The molecule has 21 heavy (non-hydrogen) atoms. The van der Waals surface area contributed by atoms with Gasteiger partial charge in [-0.05, 0) is 31.9 Å². The molecule has 118 valence electrons. The second kappa shape index (κ2) is 8.03. The number of carbonyl (C=O) groups excluding carboxylic acids is 1. The number of para-hydroxylation sites is 1. The Labute approximate surface area is 128 Å². The fraction of sp³-hybridized carbons (Fsp3) is 0.588. The molecule has 4 nitrogen and oxygen atoms in total. The highest BCUT2D eigenvalue weighted by Crippen LogP contribution is 2.25. The molecule has 1 aromatic rings. The molecular formula is C17H29N3O. The van der Waals surface area contributed by atoms with E-state index in [0.717, 1.165) is 18.5 Å². The highest BCUT2D eigenvalue weighted by molar-refractivity contribution is 5.82. The quantitative estimate of drug-likeness (QED) is 0.773. The van der Waals surface area contributed by atoms with Crippen LogP contribution in [0.5, 0.6) is 0 Å². The van der Waals surface area contributed by atoms with E-state index in [4.69, 9.17) is 5.73 Å². The first-order valence-corrected chi connectivity index (χ1v) is 7.77. The van der Waals surface area contributed by atoms with Gasteiger partial charge in [0.2, 0.25) is 5.91 Å². The van der Waals surface area contributed by atoms with Crippen LogP contribution in [0.25, 0.3) is 0 Å². The molecule has 0 saturated carbocycles. The number of hydrogen-bond acceptors (Lipinski definition) is 3. The summed E-state index contributed by atoms with van der Waals surface area (Å²) in [6.07, 6.45) is 1.55. The van der Waals surface area contributed by atoms with E-state index in [1.165, 1.54) is 0 Å². The molecule has 1 aromatic carbocycles. The highest BCUT2D eigenvalue weighted by Gasteiger charge is 2.33. The lowest BCUT2D eigenvalue weighted by atomic mass is 9.81. The lowest BCUT2D eigenvalue weighted by molar-refractivity contribution is -0.131. The molecule has 0 aliphatic carbocycles. The van der Waals surface area contributed by atoms with Crippen molar-refractivity contribution in [1.82, 2.24) is 5.32 Å². The first kappa shape index (κ1) is 17.5. The van der Waals surface area contributed by atoms with Gasteiger partial charge in [0.15, 0.2) is 0 Å². The van der Waals surface area contributed by atoms with Crippen molar-refractivity contribution in [1.29, 1.82) is 0 Å². The Kier molecular flexibility index (Phi) is 6.69. The topological polar surface area (TPSA) is 58.4 Å². The molecule has 3 N–H and O–H groups in total. The molecule has 0 aliphatic heterocycles. The van der Waals surface area contributed by atoms with Crippen molar-refractivity contribution in [2.45, 2.75) is 39.7 Å². The van der Waals surface area contributed by atoms with Crippen LogP contribution in [0.15, 0.2) is 30.3 Å². The van der Waals surface area contributed by atoms with Crippen LogP contribution in [-0.4, -0.2) is 32.1 Å². The molecule has 1 atom stereocenters. The van der Waals surface area contributed by atoms with E-state index in [-0.39, 0.29) is 11.9 Å². The van der Waals surface area contributed by atoms with E-state index >= 15 is 0 Å². The smallest absolute Gasteiger partial charge is 0.227 e. The zero-order chi connectivity index (χ0) is 15.9. The van der Waals surface area contributed by atoms with Gasteiger partial charge in [-0.1, -0.05) is 32.0 Å². The molecule has 1 unspecified atom stereocenters. The molecule has 0 bridgehead atoms. The minimum atomic E-state index is -0.426. The third-order valence-corrected chi connectivity index (χ3v) is 4.61. The van der Waals surface area contributed by atoms with Gasteiger partial charge in [0.25, 0.3) is 0 Å². The zero-order valence-electron chi connectivity index (χ0n) is 13.7. The summed E-state index contributed by atoms with van der Waals surface area (Å²) in [5.41, 5.74) is 6.54. The monoisotopic (exact) mass is 291 g/mol. The van der Waals surface area contributed by atoms with Gasteiger partial charge in [-0.25, -0.2) is 0 Å². The normalized spacial score (nSPS) is 12.8. The number of nitrogens with zero attached hydrogens (tertiary/aromatic N) is 1. The Morgan fingerprint density at radius 3 is 2.33 bits per heavy atom. The first-order valence-electron chi connectivity index (χ1n) is 7.77. The number of likely N-dealkylation sites (N-methyl/N-ethyl adjacent to an activating group) is 1. The van der Waals surface area contributed by atoms with Gasteiger partial charge in [0, 0.05) is 31.9 Å². The van der Waals surface area contributed by atoms with Crippen LogP contribution in [0.2, 0.25) is 0 Å². The van der Waals surface area contributed by atoms with Crippen LogP contribution >= 0.6 is 0 Å². The summed E-state index contributed by atoms with van der Waals surface area (Å²) >= 11 is 0. The van der Waals surface area contributed by atoms with Crippen molar-refractivity contribution in [2.24, 2.45) is 11.1 Å². The number of amides is 1. The van der Waals surface area contributed by atoms with Crippen molar-refractivity contribution in [3.8, 4) is 0 Å². The van der Waals surface area contributed by atoms with Crippen LogP contribution in [0, 0.1) is 5.41 Å². The highest BCUT2D eigenvalue weighted by atomic mass is 16.2. The Bertz CT molecular complexity index is 421. The Hall–Kier alpha value is -1.55. The number of hydrogen-bond donors (Lipinski definition) is 2. The Morgan fingerprint density at radius 2 is 1.86 bits per heavy atom. The number of carbonyl (C=O) groups is 1. The van der Waals surface area contributed by atoms with Gasteiger partial charge in [0.05, 0.1) is 5.41 Å². The minimum Gasteiger partial charge on any atom is -0.370 e. The van der Waals surface area contributed by atoms with E-state index in [0.29, 0.717) is 13.1 Å². The summed E-state index contributed by atoms with van der Waals surface area (Å²) < 4.78 is 0. The summed E-state index contributed by atoms with van der Waals surface area (Å²) in [5, 5.41) is 3.07. The van der Waals surface area contributed by atoms with E-state index < -0.39 is 5.41 Å². The van der Waals surface area contributed by atoms with Crippen molar-refractivity contribution in [3.63, 3.8) is 0 Å². The van der Waals surface area contributed by atoms with E-state index in [9.17, 15) is 4.79 Å². The molecule has 4 heteroatoms. The maximum Gasteiger partial charge on any atom is 0.227 e. The molecule has 0 heterocycles. The van der Waals surface area contributed by atoms with Gasteiger partial charge in [-0.3, -0.25) is 4.79 Å². The van der Waals surface area contributed by atoms with E-state index in [2.05, 4.69) is 29.3 Å². The van der Waals surface area contributed by atoms with Gasteiger partial charge < -0.3 is 16.0 Å². The number of nitrogens with two attached hydrogens (primary N) is 1. The first-order chi connectivity index (χ1) is 10.0. The molecule has 0 spiro atoms. The number of rotatable bonds is 8. The summed E-state index contributed by atoms with van der Waals surface area (Å²) in [6.45, 7) is 7.17. The number of benzene rings is 1. The maximum absolute atomic E-state index is 12.4. The molecule has 0 saturated heterocycles. The summed E-state index contributed by atoms with van der Waals surface area (Å²) in [7, 11) is 2.04. The number of anilines is 1.